The van der Waals surface area contributed by atoms with Crippen molar-refractivity contribution < 1.29 is 80.2 Å². The molecule has 0 saturated heterocycles. The Bertz CT molecular complexity index is 1840. The molecule has 19 heteroatoms. The van der Waals surface area contributed by atoms with Gasteiger partial charge >= 0.3 is 39.5 Å². The van der Waals surface area contributed by atoms with Crippen molar-refractivity contribution >= 4 is 39.5 Å². The topological polar surface area (TPSA) is 237 Å². The van der Waals surface area contributed by atoms with Crippen LogP contribution in [-0.2, 0) is 65.4 Å². The van der Waals surface area contributed by atoms with E-state index in [4.69, 9.17) is 37.0 Å². The number of hydrogen-bond acceptors (Lipinski definition) is 15. The molecule has 95 heavy (non-hydrogen) atoms. The zero-order valence-corrected chi connectivity index (χ0v) is 63.8. The summed E-state index contributed by atoms with van der Waals surface area (Å²) in [5.74, 6) is -0.571. The van der Waals surface area contributed by atoms with Crippen molar-refractivity contribution in [2.24, 2.45) is 11.8 Å². The number of aliphatic hydroxyl groups excluding tert-OH is 1. The van der Waals surface area contributed by atoms with Gasteiger partial charge in [0.2, 0.25) is 0 Å². The van der Waals surface area contributed by atoms with Gasteiger partial charge in [-0.2, -0.15) is 0 Å². The Kier molecular flexibility index (Phi) is 66.5. The van der Waals surface area contributed by atoms with E-state index < -0.39 is 97.5 Å². The predicted molar refractivity (Wildman–Crippen MR) is 386 cm³/mol. The van der Waals surface area contributed by atoms with Crippen molar-refractivity contribution in [3.05, 3.63) is 0 Å². The Morgan fingerprint density at radius 3 is 0.716 bits per heavy atom. The average molecular weight is 1400 g/mol. The summed E-state index contributed by atoms with van der Waals surface area (Å²) >= 11 is 0. The van der Waals surface area contributed by atoms with Gasteiger partial charge in [-0.1, -0.05) is 343 Å². The Morgan fingerprint density at radius 2 is 0.484 bits per heavy atom. The molecule has 0 rings (SSSR count). The maximum absolute atomic E-state index is 13.1. The molecule has 2 unspecified atom stereocenters. The fraction of sp³-hybridized carbons (Fsp3) is 0.947. The van der Waals surface area contributed by atoms with Crippen molar-refractivity contribution in [1.29, 1.82) is 0 Å². The number of rotatable bonds is 75. The number of unbranched alkanes of at least 4 members (excludes halogenated alkanes) is 45. The van der Waals surface area contributed by atoms with Gasteiger partial charge in [0.05, 0.1) is 26.4 Å². The Hall–Kier alpha value is -1.94. The molecule has 0 aromatic heterocycles. The molecule has 0 bridgehead atoms. The number of hydrogen-bond donors (Lipinski definition) is 3. The first kappa shape index (κ1) is 93.1. The number of phosphoric acid groups is 2. The SMILES string of the molecule is CCCCCCCCCCCCCCCCCC(=O)OC[C@H](COP(=O)(O)OC[C@@H](O)COP(=O)(O)OC[C@@H](COC(=O)CCCCCCCCCCCCC)OC(=O)CCCCCCCCCCCCCC(C)C)OC(=O)CCCCCCCCCCCCCCC(C)C. The molecule has 17 nitrogen and oxygen atoms in total. The molecule has 0 aliphatic rings. The third-order valence-electron chi connectivity index (χ3n) is 17.7. The minimum absolute atomic E-state index is 0.107. The van der Waals surface area contributed by atoms with Crippen LogP contribution in [0.5, 0.6) is 0 Å². The van der Waals surface area contributed by atoms with Crippen LogP contribution in [0.1, 0.15) is 395 Å². The van der Waals surface area contributed by atoms with Gasteiger partial charge in [0, 0.05) is 25.7 Å². The van der Waals surface area contributed by atoms with Gasteiger partial charge in [-0.15, -0.1) is 0 Å². The highest BCUT2D eigenvalue weighted by molar-refractivity contribution is 7.47. The molecular weight excluding hydrogens is 1250 g/mol. The van der Waals surface area contributed by atoms with E-state index in [0.29, 0.717) is 25.7 Å². The molecule has 0 aromatic rings. The van der Waals surface area contributed by atoms with Crippen LogP contribution in [-0.4, -0.2) is 96.7 Å². The standard InChI is InChI=1S/C76H148O17P2/c1-7-9-11-13-15-17-19-20-21-22-29-35-41-47-53-59-74(79)87-65-72(92-75(80)60-54-48-42-36-30-24-23-27-32-38-44-50-56-68(3)4)67-91-95(84,85)89-63-70(77)62-88-94(82,83)90-66-71(64-86-73(78)58-52-46-40-34-26-18-16-14-12-10-8-2)93-76(81)61-55-49-43-37-31-25-28-33-39-45-51-57-69(5)6/h68-72,77H,7-67H2,1-6H3,(H,82,83)(H,84,85)/t70-,71+,72+/m0/s1. The van der Waals surface area contributed by atoms with Crippen LogP contribution in [0.25, 0.3) is 0 Å². The average Bonchev–Trinajstić information content (AvgIpc) is 1.75. The predicted octanol–water partition coefficient (Wildman–Crippen LogP) is 22.3. The number of ether oxygens (including phenoxy) is 4. The van der Waals surface area contributed by atoms with Gasteiger partial charge in [0.25, 0.3) is 0 Å². The fourth-order valence-corrected chi connectivity index (χ4v) is 13.2. The molecule has 0 saturated carbocycles. The number of carbonyl (C=O) groups excluding carboxylic acids is 4. The van der Waals surface area contributed by atoms with Gasteiger partial charge in [0.15, 0.2) is 12.2 Å². The molecule has 0 amide bonds. The van der Waals surface area contributed by atoms with E-state index in [2.05, 4.69) is 41.5 Å². The molecule has 0 heterocycles. The van der Waals surface area contributed by atoms with Crippen molar-refractivity contribution in [2.75, 3.05) is 39.6 Å². The number of phosphoric ester groups is 2. The minimum Gasteiger partial charge on any atom is -0.462 e. The minimum atomic E-state index is -4.96. The Labute approximate surface area is 581 Å². The van der Waals surface area contributed by atoms with E-state index in [9.17, 15) is 43.2 Å². The largest absolute Gasteiger partial charge is 0.472 e. The second kappa shape index (κ2) is 67.9. The molecule has 0 fully saturated rings. The first-order valence-corrected chi connectivity index (χ1v) is 42.5. The van der Waals surface area contributed by atoms with Crippen LogP contribution in [0, 0.1) is 11.8 Å². The molecule has 0 aromatic carbocycles. The molecule has 0 spiro atoms. The normalized spacial score (nSPS) is 14.0. The van der Waals surface area contributed by atoms with Crippen molar-refractivity contribution in [2.45, 2.75) is 413 Å². The quantitative estimate of drug-likeness (QED) is 0.0222. The summed E-state index contributed by atoms with van der Waals surface area (Å²) in [7, 11) is -9.91. The van der Waals surface area contributed by atoms with Crippen molar-refractivity contribution in [3.63, 3.8) is 0 Å². The van der Waals surface area contributed by atoms with E-state index in [-0.39, 0.29) is 25.7 Å². The summed E-state index contributed by atoms with van der Waals surface area (Å²) < 4.78 is 68.6. The van der Waals surface area contributed by atoms with Crippen LogP contribution in [0.2, 0.25) is 0 Å². The monoisotopic (exact) mass is 1400 g/mol. The highest BCUT2D eigenvalue weighted by Gasteiger charge is 2.30. The first-order chi connectivity index (χ1) is 45.9. The molecule has 3 N–H and O–H groups in total. The molecule has 0 aliphatic carbocycles. The maximum atomic E-state index is 13.1. The lowest BCUT2D eigenvalue weighted by atomic mass is 10.0. The second-order valence-corrected chi connectivity index (χ2v) is 31.3. The van der Waals surface area contributed by atoms with E-state index in [1.807, 2.05) is 0 Å². The summed E-state index contributed by atoms with van der Waals surface area (Å²) in [5, 5.41) is 10.6. The molecular formula is C76H148O17P2. The lowest BCUT2D eigenvalue weighted by molar-refractivity contribution is -0.161. The molecule has 5 atom stereocenters. The van der Waals surface area contributed by atoms with E-state index in [1.54, 1.807) is 0 Å². The number of carbonyl (C=O) groups is 4. The van der Waals surface area contributed by atoms with E-state index in [0.717, 1.165) is 102 Å². The summed E-state index contributed by atoms with van der Waals surface area (Å²) in [6, 6.07) is 0. The Morgan fingerprint density at radius 1 is 0.284 bits per heavy atom. The zero-order valence-electron chi connectivity index (χ0n) is 62.0. The number of esters is 4. The van der Waals surface area contributed by atoms with Gasteiger partial charge < -0.3 is 33.8 Å². The Balaban J connectivity index is 5.26. The van der Waals surface area contributed by atoms with Crippen LogP contribution < -0.4 is 0 Å². The third-order valence-corrected chi connectivity index (χ3v) is 19.6. The summed E-state index contributed by atoms with van der Waals surface area (Å²) in [6.45, 7) is 9.61. The van der Waals surface area contributed by atoms with Crippen LogP contribution in [0.15, 0.2) is 0 Å². The zero-order chi connectivity index (χ0) is 70.0. The highest BCUT2D eigenvalue weighted by atomic mass is 31.2. The van der Waals surface area contributed by atoms with Gasteiger partial charge in [-0.25, -0.2) is 9.13 Å². The smallest absolute Gasteiger partial charge is 0.462 e. The maximum Gasteiger partial charge on any atom is 0.472 e. The van der Waals surface area contributed by atoms with Crippen LogP contribution in [0.4, 0.5) is 0 Å². The lowest BCUT2D eigenvalue weighted by Gasteiger charge is -2.21. The van der Waals surface area contributed by atoms with Gasteiger partial charge in [0.1, 0.15) is 19.3 Å². The fourth-order valence-electron chi connectivity index (χ4n) is 11.7. The summed E-state index contributed by atoms with van der Waals surface area (Å²) in [5.41, 5.74) is 0. The lowest BCUT2D eigenvalue weighted by Crippen LogP contribution is -2.30. The highest BCUT2D eigenvalue weighted by Crippen LogP contribution is 2.45. The van der Waals surface area contributed by atoms with E-state index >= 15 is 0 Å². The summed E-state index contributed by atoms with van der Waals surface area (Å²) in [4.78, 5) is 72.8. The van der Waals surface area contributed by atoms with Crippen LogP contribution in [0.3, 0.4) is 0 Å². The molecule has 564 valence electrons. The molecule has 0 aliphatic heterocycles. The van der Waals surface area contributed by atoms with Crippen molar-refractivity contribution in [1.82, 2.24) is 0 Å². The second-order valence-electron chi connectivity index (χ2n) is 28.3. The first-order valence-electron chi connectivity index (χ1n) is 39.5. The molecule has 0 radical (unpaired) electrons. The van der Waals surface area contributed by atoms with Crippen LogP contribution >= 0.6 is 15.6 Å². The van der Waals surface area contributed by atoms with Crippen molar-refractivity contribution in [3.8, 4) is 0 Å². The van der Waals surface area contributed by atoms with Gasteiger partial charge in [-0.3, -0.25) is 37.3 Å². The van der Waals surface area contributed by atoms with Gasteiger partial charge in [-0.05, 0) is 37.5 Å². The van der Waals surface area contributed by atoms with E-state index in [1.165, 1.54) is 212 Å². The number of aliphatic hydroxyl groups is 1. The third kappa shape index (κ3) is 70.3. The summed E-state index contributed by atoms with van der Waals surface area (Å²) in [6.07, 6.45) is 55.3.